The van der Waals surface area contributed by atoms with Crippen molar-refractivity contribution in [2.45, 2.75) is 6.54 Å². The minimum absolute atomic E-state index is 0.174. The maximum atomic E-state index is 10.4. The molecule has 0 unspecified atom stereocenters. The molecule has 18 heavy (non-hydrogen) atoms. The van der Waals surface area contributed by atoms with Crippen LogP contribution in [0.3, 0.4) is 0 Å². The quantitative estimate of drug-likeness (QED) is 0.543. The predicted molar refractivity (Wildman–Crippen MR) is 63.3 cm³/mol. The van der Waals surface area contributed by atoms with Crippen LogP contribution in [0.5, 0.6) is 0 Å². The number of hydroxylamine groups is 1. The van der Waals surface area contributed by atoms with Gasteiger partial charge in [0.15, 0.2) is 0 Å². The smallest absolute Gasteiger partial charge is 0.245 e. The van der Waals surface area contributed by atoms with E-state index in [-0.39, 0.29) is 6.61 Å². The summed E-state index contributed by atoms with van der Waals surface area (Å²) in [6.07, 6.45) is 1.62. The highest BCUT2D eigenvalue weighted by Gasteiger charge is 2.02. The molecule has 0 saturated heterocycles. The highest BCUT2D eigenvalue weighted by Crippen LogP contribution is 2.03. The molecule has 0 atom stereocenters. The van der Waals surface area contributed by atoms with Gasteiger partial charge in [0.25, 0.3) is 0 Å². The molecule has 1 aromatic carbocycles. The van der Waals surface area contributed by atoms with Crippen molar-refractivity contribution >= 4 is 5.91 Å². The second-order valence-corrected chi connectivity index (χ2v) is 3.54. The first kappa shape index (κ1) is 12.2. The Morgan fingerprint density at radius 1 is 1.39 bits per heavy atom. The number of rotatable bonds is 6. The maximum absolute atomic E-state index is 10.4. The van der Waals surface area contributed by atoms with E-state index >= 15 is 0 Å². The number of para-hydroxylation sites is 1. The number of amides is 1. The van der Waals surface area contributed by atoms with Gasteiger partial charge in [0, 0.05) is 0 Å². The lowest BCUT2D eigenvalue weighted by Crippen LogP contribution is -2.24. The summed E-state index contributed by atoms with van der Waals surface area (Å²) in [7, 11) is 0. The van der Waals surface area contributed by atoms with E-state index in [1.807, 2.05) is 30.3 Å². The average Bonchev–Trinajstić information content (AvgIpc) is 2.84. The van der Waals surface area contributed by atoms with Crippen LogP contribution in [-0.2, 0) is 16.2 Å². The van der Waals surface area contributed by atoms with Gasteiger partial charge in [-0.1, -0.05) is 18.2 Å². The lowest BCUT2D eigenvalue weighted by molar-refractivity contribution is -0.125. The molecule has 0 bridgehead atoms. The van der Waals surface area contributed by atoms with Crippen molar-refractivity contribution in [1.29, 1.82) is 0 Å². The average molecular weight is 247 g/mol. The van der Waals surface area contributed by atoms with Gasteiger partial charge in [-0.15, -0.1) is 0 Å². The Labute approximate surface area is 103 Å². The van der Waals surface area contributed by atoms with Crippen molar-refractivity contribution < 1.29 is 9.63 Å². The number of nitrogens with one attached hydrogen (secondary N) is 1. The molecule has 1 heterocycles. The largest absolute Gasteiger partial charge is 0.368 e. The van der Waals surface area contributed by atoms with Crippen LogP contribution in [0.15, 0.2) is 36.5 Å². The Morgan fingerprint density at radius 2 is 2.17 bits per heavy atom. The fraction of sp³-hybridized carbons (Fsp3) is 0.182. The van der Waals surface area contributed by atoms with E-state index in [0.29, 0.717) is 12.2 Å². The zero-order valence-corrected chi connectivity index (χ0v) is 9.61. The van der Waals surface area contributed by atoms with E-state index in [2.05, 4.69) is 15.7 Å². The minimum atomic E-state index is -0.532. The summed E-state index contributed by atoms with van der Waals surface area (Å²) >= 11 is 0. The lowest BCUT2D eigenvalue weighted by Gasteiger charge is -2.00. The van der Waals surface area contributed by atoms with Gasteiger partial charge < -0.3 is 5.73 Å². The molecule has 0 spiro atoms. The van der Waals surface area contributed by atoms with Gasteiger partial charge in [0.2, 0.25) is 5.91 Å². The van der Waals surface area contributed by atoms with E-state index in [0.717, 1.165) is 5.69 Å². The van der Waals surface area contributed by atoms with Crippen molar-refractivity contribution in [3.8, 4) is 5.69 Å². The number of benzene rings is 1. The predicted octanol–water partition coefficient (Wildman–Crippen LogP) is -0.226. The number of carbonyl (C=O) groups is 1. The van der Waals surface area contributed by atoms with Gasteiger partial charge in [-0.25, -0.2) is 0 Å². The molecular weight excluding hydrogens is 234 g/mol. The van der Waals surface area contributed by atoms with Crippen LogP contribution in [0, 0.1) is 0 Å². The van der Waals surface area contributed by atoms with Crippen LogP contribution < -0.4 is 11.2 Å². The summed E-state index contributed by atoms with van der Waals surface area (Å²) in [5.74, 6) is -0.532. The first-order valence-electron chi connectivity index (χ1n) is 5.35. The number of carbonyl (C=O) groups excluding carboxylic acids is 1. The third-order valence-corrected chi connectivity index (χ3v) is 2.10. The van der Waals surface area contributed by atoms with Gasteiger partial charge in [-0.2, -0.15) is 20.5 Å². The minimum Gasteiger partial charge on any atom is -0.368 e. The van der Waals surface area contributed by atoms with Gasteiger partial charge in [0.05, 0.1) is 24.1 Å². The Balaban J connectivity index is 1.89. The molecule has 0 fully saturated rings. The van der Waals surface area contributed by atoms with Crippen molar-refractivity contribution in [2.75, 3.05) is 6.61 Å². The van der Waals surface area contributed by atoms with Gasteiger partial charge in [-0.3, -0.25) is 9.63 Å². The first-order valence-corrected chi connectivity index (χ1v) is 5.35. The Bertz CT molecular complexity index is 511. The number of aromatic nitrogens is 3. The Hall–Kier alpha value is -2.25. The van der Waals surface area contributed by atoms with E-state index < -0.39 is 5.91 Å². The van der Waals surface area contributed by atoms with E-state index in [9.17, 15) is 4.79 Å². The fourth-order valence-corrected chi connectivity index (χ4v) is 1.31. The normalized spacial score (nSPS) is 10.4. The van der Waals surface area contributed by atoms with Crippen LogP contribution in [0.4, 0.5) is 0 Å². The van der Waals surface area contributed by atoms with Crippen LogP contribution in [-0.4, -0.2) is 27.5 Å². The molecule has 2 aromatic rings. The second-order valence-electron chi connectivity index (χ2n) is 3.54. The second kappa shape index (κ2) is 5.89. The summed E-state index contributed by atoms with van der Waals surface area (Å²) in [4.78, 5) is 16.8. The molecular formula is C11H13N5O2. The van der Waals surface area contributed by atoms with Gasteiger partial charge in [-0.05, 0) is 12.1 Å². The van der Waals surface area contributed by atoms with Crippen LogP contribution in [0.2, 0.25) is 0 Å². The number of hydrogen-bond donors (Lipinski definition) is 2. The van der Waals surface area contributed by atoms with Crippen LogP contribution in [0.1, 0.15) is 5.69 Å². The Kier molecular flexibility index (Phi) is 4.00. The highest BCUT2D eigenvalue weighted by atomic mass is 16.6. The summed E-state index contributed by atoms with van der Waals surface area (Å²) in [6, 6.07) is 9.55. The molecule has 0 saturated carbocycles. The third kappa shape index (κ3) is 3.37. The summed E-state index contributed by atoms with van der Waals surface area (Å²) in [6.45, 7) is 0.174. The van der Waals surface area contributed by atoms with Crippen molar-refractivity contribution in [2.24, 2.45) is 5.73 Å². The number of nitrogens with two attached hydrogens (primary N) is 1. The molecule has 0 aliphatic heterocycles. The molecule has 7 nitrogen and oxygen atoms in total. The van der Waals surface area contributed by atoms with Gasteiger partial charge >= 0.3 is 0 Å². The number of nitrogens with zero attached hydrogens (tertiary/aromatic N) is 3. The van der Waals surface area contributed by atoms with Crippen molar-refractivity contribution in [1.82, 2.24) is 20.5 Å². The Morgan fingerprint density at radius 3 is 2.89 bits per heavy atom. The zero-order chi connectivity index (χ0) is 12.8. The van der Waals surface area contributed by atoms with Crippen molar-refractivity contribution in [3.05, 3.63) is 42.2 Å². The highest BCUT2D eigenvalue weighted by molar-refractivity contribution is 5.74. The van der Waals surface area contributed by atoms with E-state index in [4.69, 9.17) is 10.6 Å². The molecule has 2 rings (SSSR count). The molecule has 3 N–H and O–H groups in total. The summed E-state index contributed by atoms with van der Waals surface area (Å²) in [5, 5.41) is 8.36. The monoisotopic (exact) mass is 247 g/mol. The lowest BCUT2D eigenvalue weighted by atomic mass is 10.3. The zero-order valence-electron chi connectivity index (χ0n) is 9.61. The molecule has 0 radical (unpaired) electrons. The molecule has 94 valence electrons. The maximum Gasteiger partial charge on any atom is 0.245 e. The van der Waals surface area contributed by atoms with Crippen LogP contribution >= 0.6 is 0 Å². The molecule has 1 aromatic heterocycles. The summed E-state index contributed by atoms with van der Waals surface area (Å²) < 4.78 is 0. The fourth-order valence-electron chi connectivity index (χ4n) is 1.31. The van der Waals surface area contributed by atoms with Crippen LogP contribution in [0.25, 0.3) is 5.69 Å². The number of hydrogen-bond acceptors (Lipinski definition) is 5. The SMILES string of the molecule is NC(=O)CONCc1cnn(-c2ccccc2)n1. The molecule has 0 aliphatic carbocycles. The van der Waals surface area contributed by atoms with Crippen molar-refractivity contribution in [3.63, 3.8) is 0 Å². The molecule has 0 aliphatic rings. The third-order valence-electron chi connectivity index (χ3n) is 2.10. The molecule has 1 amide bonds. The first-order chi connectivity index (χ1) is 8.75. The standard InChI is InChI=1S/C11H13N5O2/c12-11(17)8-18-14-7-9-6-13-16(15-9)10-4-2-1-3-5-10/h1-6,14H,7-8H2,(H2,12,17). The van der Waals surface area contributed by atoms with Gasteiger partial charge in [0.1, 0.15) is 6.61 Å². The summed E-state index contributed by atoms with van der Waals surface area (Å²) in [5.41, 5.74) is 9.07. The van der Waals surface area contributed by atoms with E-state index in [1.54, 1.807) is 6.20 Å². The number of primary amides is 1. The van der Waals surface area contributed by atoms with E-state index in [1.165, 1.54) is 4.80 Å². The molecule has 7 heteroatoms. The topological polar surface area (TPSA) is 95.1 Å².